The van der Waals surface area contributed by atoms with Gasteiger partial charge >= 0.3 is 0 Å². The molecular formula is C18H23N7O. The molecule has 1 fully saturated rings. The molecule has 0 spiro atoms. The summed E-state index contributed by atoms with van der Waals surface area (Å²) >= 11 is 0. The maximum absolute atomic E-state index is 13.1. The van der Waals surface area contributed by atoms with Gasteiger partial charge in [0.15, 0.2) is 0 Å². The number of hydrogen-bond acceptors (Lipinski definition) is 5. The zero-order valence-corrected chi connectivity index (χ0v) is 15.3. The van der Waals surface area contributed by atoms with Crippen LogP contribution >= 0.6 is 0 Å². The first-order valence-electron chi connectivity index (χ1n) is 9.01. The summed E-state index contributed by atoms with van der Waals surface area (Å²) in [5.74, 6) is 1.93. The summed E-state index contributed by atoms with van der Waals surface area (Å²) in [4.78, 5) is 28.1. The van der Waals surface area contributed by atoms with Gasteiger partial charge in [0.2, 0.25) is 0 Å². The molecule has 0 bridgehead atoms. The molecule has 1 atom stereocenters. The van der Waals surface area contributed by atoms with Crippen molar-refractivity contribution in [2.45, 2.75) is 38.5 Å². The Kier molecular flexibility index (Phi) is 4.18. The van der Waals surface area contributed by atoms with Gasteiger partial charge in [-0.2, -0.15) is 10.1 Å². The van der Waals surface area contributed by atoms with E-state index in [-0.39, 0.29) is 17.7 Å². The van der Waals surface area contributed by atoms with Crippen LogP contribution in [-0.4, -0.2) is 53.0 Å². The van der Waals surface area contributed by atoms with Crippen LogP contribution in [-0.2, 0) is 7.05 Å². The highest BCUT2D eigenvalue weighted by atomic mass is 16.2. The van der Waals surface area contributed by atoms with E-state index in [1.807, 2.05) is 35.0 Å². The fourth-order valence-electron chi connectivity index (χ4n) is 3.66. The van der Waals surface area contributed by atoms with Gasteiger partial charge in [0.1, 0.15) is 17.8 Å². The standard InChI is InChI=1S/C18H23N7O/c1-12(2)15-9-14(22-18-20-11-21-25(15)18)17(26)24-7-4-5-13(10-24)16-19-6-8-23(16)3/h6,8-9,11-13H,4-5,7,10H2,1-3H3/t13-/m1/s1. The lowest BCUT2D eigenvalue weighted by Crippen LogP contribution is -2.40. The second kappa shape index (κ2) is 6.51. The van der Waals surface area contributed by atoms with Crippen LogP contribution in [0.1, 0.15) is 60.5 Å². The maximum Gasteiger partial charge on any atom is 0.272 e. The van der Waals surface area contributed by atoms with E-state index >= 15 is 0 Å². The molecule has 0 N–H and O–H groups in total. The number of imidazole rings is 1. The predicted octanol–water partition coefficient (Wildman–Crippen LogP) is 2.00. The van der Waals surface area contributed by atoms with E-state index in [1.165, 1.54) is 6.33 Å². The van der Waals surface area contributed by atoms with Crippen molar-refractivity contribution in [1.29, 1.82) is 0 Å². The van der Waals surface area contributed by atoms with Gasteiger partial charge in [-0.05, 0) is 24.8 Å². The maximum atomic E-state index is 13.1. The molecule has 4 heterocycles. The van der Waals surface area contributed by atoms with Crippen molar-refractivity contribution in [3.8, 4) is 0 Å². The average Bonchev–Trinajstić information content (AvgIpc) is 3.28. The molecule has 0 aliphatic carbocycles. The number of carbonyl (C=O) groups is 1. The Morgan fingerprint density at radius 2 is 2.15 bits per heavy atom. The van der Waals surface area contributed by atoms with Crippen LogP contribution in [0.5, 0.6) is 0 Å². The fraction of sp³-hybridized carbons (Fsp3) is 0.500. The van der Waals surface area contributed by atoms with Crippen molar-refractivity contribution < 1.29 is 4.79 Å². The third kappa shape index (κ3) is 2.85. The van der Waals surface area contributed by atoms with Gasteiger partial charge in [-0.3, -0.25) is 4.79 Å². The second-order valence-electron chi connectivity index (χ2n) is 7.18. The topological polar surface area (TPSA) is 81.2 Å². The first-order valence-corrected chi connectivity index (χ1v) is 9.01. The van der Waals surface area contributed by atoms with Crippen LogP contribution in [0.2, 0.25) is 0 Å². The average molecular weight is 353 g/mol. The lowest BCUT2D eigenvalue weighted by Gasteiger charge is -2.32. The lowest BCUT2D eigenvalue weighted by molar-refractivity contribution is 0.0697. The van der Waals surface area contributed by atoms with Gasteiger partial charge in [0, 0.05) is 38.4 Å². The van der Waals surface area contributed by atoms with E-state index < -0.39 is 0 Å². The third-order valence-corrected chi connectivity index (χ3v) is 5.02. The number of fused-ring (bicyclic) bond motifs is 1. The van der Waals surface area contributed by atoms with Crippen molar-refractivity contribution in [3.05, 3.63) is 42.0 Å². The number of amides is 1. The molecule has 0 radical (unpaired) electrons. The number of likely N-dealkylation sites (tertiary alicyclic amines) is 1. The summed E-state index contributed by atoms with van der Waals surface area (Å²) in [6.07, 6.45) is 7.24. The van der Waals surface area contributed by atoms with Gasteiger partial charge < -0.3 is 9.47 Å². The number of aromatic nitrogens is 6. The van der Waals surface area contributed by atoms with Gasteiger partial charge in [-0.25, -0.2) is 14.5 Å². The second-order valence-corrected chi connectivity index (χ2v) is 7.18. The largest absolute Gasteiger partial charge is 0.338 e. The normalized spacial score (nSPS) is 18.0. The third-order valence-electron chi connectivity index (χ3n) is 5.02. The van der Waals surface area contributed by atoms with E-state index in [4.69, 9.17) is 0 Å². The monoisotopic (exact) mass is 353 g/mol. The Morgan fingerprint density at radius 3 is 2.88 bits per heavy atom. The molecule has 0 aromatic carbocycles. The summed E-state index contributed by atoms with van der Waals surface area (Å²) in [5, 5.41) is 4.22. The molecule has 1 aliphatic heterocycles. The van der Waals surface area contributed by atoms with Gasteiger partial charge in [0.25, 0.3) is 11.7 Å². The van der Waals surface area contributed by atoms with Crippen LogP contribution in [0.25, 0.3) is 5.78 Å². The summed E-state index contributed by atoms with van der Waals surface area (Å²) in [7, 11) is 2.00. The van der Waals surface area contributed by atoms with Crippen LogP contribution in [0, 0.1) is 0 Å². The van der Waals surface area contributed by atoms with Crippen LogP contribution in [0.3, 0.4) is 0 Å². The molecule has 1 aliphatic rings. The quantitative estimate of drug-likeness (QED) is 0.719. The Labute approximate surface area is 151 Å². The SMILES string of the molecule is CC(C)c1cc(C(=O)N2CCC[C@@H](c3nccn3C)C2)nc2ncnn12. The Hall–Kier alpha value is -2.77. The molecule has 8 heteroatoms. The van der Waals surface area contributed by atoms with Crippen molar-refractivity contribution in [2.24, 2.45) is 7.05 Å². The van der Waals surface area contributed by atoms with Crippen LogP contribution in [0.15, 0.2) is 24.8 Å². The molecule has 0 saturated carbocycles. The highest BCUT2D eigenvalue weighted by Gasteiger charge is 2.29. The molecule has 3 aromatic heterocycles. The van der Waals surface area contributed by atoms with E-state index in [0.717, 1.165) is 30.9 Å². The van der Waals surface area contributed by atoms with E-state index in [0.29, 0.717) is 18.0 Å². The Morgan fingerprint density at radius 1 is 1.31 bits per heavy atom. The Bertz CT molecular complexity index is 942. The fourth-order valence-corrected chi connectivity index (χ4v) is 3.66. The zero-order chi connectivity index (χ0) is 18.3. The smallest absolute Gasteiger partial charge is 0.272 e. The van der Waals surface area contributed by atoms with E-state index in [2.05, 4.69) is 33.9 Å². The van der Waals surface area contributed by atoms with Gasteiger partial charge in [-0.15, -0.1) is 0 Å². The number of aryl methyl sites for hydroxylation is 1. The molecule has 8 nitrogen and oxygen atoms in total. The van der Waals surface area contributed by atoms with Gasteiger partial charge in [0.05, 0.1) is 5.69 Å². The Balaban J connectivity index is 1.63. The summed E-state index contributed by atoms with van der Waals surface area (Å²) in [6.45, 7) is 5.56. The number of hydrogen-bond donors (Lipinski definition) is 0. The molecule has 4 rings (SSSR count). The molecule has 1 saturated heterocycles. The van der Waals surface area contributed by atoms with Crippen molar-refractivity contribution in [2.75, 3.05) is 13.1 Å². The predicted molar refractivity (Wildman–Crippen MR) is 96.0 cm³/mol. The number of carbonyl (C=O) groups excluding carboxylic acids is 1. The van der Waals surface area contributed by atoms with Crippen LogP contribution in [0.4, 0.5) is 0 Å². The molecule has 1 amide bonds. The lowest BCUT2D eigenvalue weighted by atomic mass is 9.96. The first-order chi connectivity index (χ1) is 12.5. The highest BCUT2D eigenvalue weighted by Crippen LogP contribution is 2.26. The molecule has 136 valence electrons. The van der Waals surface area contributed by atoms with E-state index in [1.54, 1.807) is 4.52 Å². The number of nitrogens with zero attached hydrogens (tertiary/aromatic N) is 7. The zero-order valence-electron chi connectivity index (χ0n) is 15.3. The summed E-state index contributed by atoms with van der Waals surface area (Å²) in [5.41, 5.74) is 1.38. The molecule has 0 unspecified atom stereocenters. The molecule has 3 aromatic rings. The van der Waals surface area contributed by atoms with Crippen molar-refractivity contribution >= 4 is 11.7 Å². The highest BCUT2D eigenvalue weighted by molar-refractivity contribution is 5.93. The van der Waals surface area contributed by atoms with Crippen molar-refractivity contribution in [1.82, 2.24) is 34.0 Å². The number of piperidine rings is 1. The summed E-state index contributed by atoms with van der Waals surface area (Å²) < 4.78 is 3.74. The minimum atomic E-state index is -0.0451. The number of rotatable bonds is 3. The molecular weight excluding hydrogens is 330 g/mol. The van der Waals surface area contributed by atoms with Crippen LogP contribution < -0.4 is 0 Å². The minimum Gasteiger partial charge on any atom is -0.338 e. The molecule has 26 heavy (non-hydrogen) atoms. The minimum absolute atomic E-state index is 0.0451. The first kappa shape index (κ1) is 16.7. The van der Waals surface area contributed by atoms with E-state index in [9.17, 15) is 4.79 Å². The summed E-state index contributed by atoms with van der Waals surface area (Å²) in [6, 6.07) is 1.85. The van der Waals surface area contributed by atoms with Crippen molar-refractivity contribution in [3.63, 3.8) is 0 Å². The van der Waals surface area contributed by atoms with Gasteiger partial charge in [-0.1, -0.05) is 13.8 Å².